The number of esters is 2. The molecular formula is C26H25N3O6. The van der Waals surface area contributed by atoms with Gasteiger partial charge < -0.3 is 19.4 Å². The maximum atomic E-state index is 13.5. The third kappa shape index (κ3) is 3.58. The molecule has 1 N–H and O–H groups in total. The first-order valence-electron chi connectivity index (χ1n) is 11.6. The summed E-state index contributed by atoms with van der Waals surface area (Å²) >= 11 is 0. The van der Waals surface area contributed by atoms with Gasteiger partial charge in [0.1, 0.15) is 13.2 Å². The molecule has 35 heavy (non-hydrogen) atoms. The second-order valence-corrected chi connectivity index (χ2v) is 9.11. The molecule has 9 heteroatoms. The van der Waals surface area contributed by atoms with Crippen LogP contribution in [0.2, 0.25) is 0 Å². The lowest BCUT2D eigenvalue weighted by atomic mass is 9.85. The highest BCUT2D eigenvalue weighted by atomic mass is 16.6. The molecule has 0 saturated carbocycles. The van der Waals surface area contributed by atoms with E-state index in [4.69, 9.17) is 14.5 Å². The number of cyclic esters (lactones) is 1. The molecule has 9 nitrogen and oxygen atoms in total. The summed E-state index contributed by atoms with van der Waals surface area (Å²) in [5.41, 5.74) is 1.37. The van der Waals surface area contributed by atoms with Crippen molar-refractivity contribution in [3.8, 4) is 11.4 Å². The Morgan fingerprint density at radius 2 is 2.00 bits per heavy atom. The highest BCUT2D eigenvalue weighted by molar-refractivity contribution is 5.89. The van der Waals surface area contributed by atoms with Crippen LogP contribution < -0.4 is 10.9 Å². The van der Waals surface area contributed by atoms with Crippen LogP contribution in [0.5, 0.6) is 0 Å². The number of ether oxygens (including phenoxy) is 2. The van der Waals surface area contributed by atoms with Crippen LogP contribution in [0.25, 0.3) is 22.3 Å². The number of aromatic nitrogens is 2. The van der Waals surface area contributed by atoms with Gasteiger partial charge in [0.05, 0.1) is 29.0 Å². The molecule has 0 spiro atoms. The van der Waals surface area contributed by atoms with Crippen molar-refractivity contribution in [2.24, 2.45) is 5.92 Å². The van der Waals surface area contributed by atoms with Gasteiger partial charge in [-0.3, -0.25) is 14.4 Å². The van der Waals surface area contributed by atoms with Crippen molar-refractivity contribution >= 4 is 28.7 Å². The number of para-hydroxylation sites is 1. The second-order valence-electron chi connectivity index (χ2n) is 9.11. The van der Waals surface area contributed by atoms with Crippen LogP contribution >= 0.6 is 0 Å². The van der Waals surface area contributed by atoms with Crippen molar-refractivity contribution in [3.05, 3.63) is 63.4 Å². The summed E-state index contributed by atoms with van der Waals surface area (Å²) in [4.78, 5) is 55.8. The number of rotatable bonds is 5. The summed E-state index contributed by atoms with van der Waals surface area (Å²) < 4.78 is 12.6. The van der Waals surface area contributed by atoms with Gasteiger partial charge in [0.25, 0.3) is 5.56 Å². The molecule has 0 fully saturated rings. The molecule has 1 aromatic carbocycles. The van der Waals surface area contributed by atoms with E-state index >= 15 is 0 Å². The zero-order chi connectivity index (χ0) is 24.9. The number of benzene rings is 1. The SMILES string of the molecule is CC[C@@]1(OC(=O)CNC(=O)C(C)C)C(=O)OCc2c1cc1n(c2=O)Cc2cc3ccccc3nc2-1. The molecule has 0 bridgehead atoms. The minimum absolute atomic E-state index is 0.0591. The lowest BCUT2D eigenvalue weighted by molar-refractivity contribution is -0.189. The van der Waals surface area contributed by atoms with Crippen LogP contribution in [0.15, 0.2) is 41.2 Å². The molecule has 0 radical (unpaired) electrons. The number of carbonyl (C=O) groups excluding carboxylic acids is 3. The number of fused-ring (bicyclic) bond motifs is 5. The number of hydrogen-bond donors (Lipinski definition) is 1. The predicted octanol–water partition coefficient (Wildman–Crippen LogP) is 2.40. The number of nitrogens with zero attached hydrogens (tertiary/aromatic N) is 2. The average molecular weight is 476 g/mol. The number of amides is 1. The van der Waals surface area contributed by atoms with Crippen LogP contribution in [0.3, 0.4) is 0 Å². The fourth-order valence-electron chi connectivity index (χ4n) is 4.68. The molecule has 1 amide bonds. The van der Waals surface area contributed by atoms with Gasteiger partial charge in [0.15, 0.2) is 0 Å². The molecular weight excluding hydrogens is 450 g/mol. The Bertz CT molecular complexity index is 1460. The van der Waals surface area contributed by atoms with Gasteiger partial charge in [-0.05, 0) is 24.6 Å². The summed E-state index contributed by atoms with van der Waals surface area (Å²) in [5, 5.41) is 3.46. The Labute approximate surface area is 201 Å². The second kappa shape index (κ2) is 8.33. The van der Waals surface area contributed by atoms with Crippen LogP contribution in [-0.4, -0.2) is 33.9 Å². The van der Waals surface area contributed by atoms with E-state index in [1.165, 1.54) is 0 Å². The minimum atomic E-state index is -1.79. The molecule has 3 aromatic rings. The molecule has 2 aromatic heterocycles. The van der Waals surface area contributed by atoms with E-state index in [0.29, 0.717) is 23.5 Å². The van der Waals surface area contributed by atoms with Crippen molar-refractivity contribution in [2.45, 2.75) is 45.9 Å². The summed E-state index contributed by atoms with van der Waals surface area (Å²) in [5.74, 6) is -2.17. The van der Waals surface area contributed by atoms with Crippen molar-refractivity contribution in [1.82, 2.24) is 14.9 Å². The van der Waals surface area contributed by atoms with E-state index in [2.05, 4.69) is 5.32 Å². The van der Waals surface area contributed by atoms with E-state index in [9.17, 15) is 19.2 Å². The van der Waals surface area contributed by atoms with E-state index in [1.807, 2.05) is 30.3 Å². The summed E-state index contributed by atoms with van der Waals surface area (Å²) in [6, 6.07) is 11.4. The lowest BCUT2D eigenvalue weighted by Crippen LogP contribution is -2.48. The number of carbonyl (C=O) groups is 3. The van der Waals surface area contributed by atoms with E-state index in [1.54, 1.807) is 31.4 Å². The van der Waals surface area contributed by atoms with Crippen molar-refractivity contribution < 1.29 is 23.9 Å². The van der Waals surface area contributed by atoms with Crippen LogP contribution in [-0.2, 0) is 42.6 Å². The first-order valence-corrected chi connectivity index (χ1v) is 11.6. The normalized spacial score (nSPS) is 18.0. The lowest BCUT2D eigenvalue weighted by Gasteiger charge is -2.35. The van der Waals surface area contributed by atoms with Crippen molar-refractivity contribution in [2.75, 3.05) is 6.54 Å². The minimum Gasteiger partial charge on any atom is -0.457 e. The van der Waals surface area contributed by atoms with E-state index in [0.717, 1.165) is 16.5 Å². The number of nitrogens with one attached hydrogen (secondary N) is 1. The van der Waals surface area contributed by atoms with Gasteiger partial charge in [0, 0.05) is 22.4 Å². The van der Waals surface area contributed by atoms with Crippen LogP contribution in [0.1, 0.15) is 43.9 Å². The van der Waals surface area contributed by atoms with Gasteiger partial charge in [0.2, 0.25) is 11.5 Å². The van der Waals surface area contributed by atoms with Gasteiger partial charge in [-0.1, -0.05) is 39.0 Å². The standard InChI is InChI=1S/C26H25N3O6/c1-4-26(35-21(30)11-27-23(31)14(2)3)18-10-20-22-16(9-15-7-5-6-8-19(15)28-22)12-29(20)24(32)17(18)13-34-25(26)33/h5-10,14H,4,11-13H2,1-3H3,(H,27,31)/t26-/m0/s1. The molecule has 0 unspecified atom stereocenters. The van der Waals surface area contributed by atoms with Gasteiger partial charge in [-0.2, -0.15) is 0 Å². The van der Waals surface area contributed by atoms with Crippen LogP contribution in [0, 0.1) is 5.92 Å². The Morgan fingerprint density at radius 3 is 2.74 bits per heavy atom. The zero-order valence-electron chi connectivity index (χ0n) is 19.7. The van der Waals surface area contributed by atoms with Gasteiger partial charge in [-0.25, -0.2) is 9.78 Å². The van der Waals surface area contributed by atoms with Gasteiger partial charge >= 0.3 is 11.9 Å². The monoisotopic (exact) mass is 475 g/mol. The molecule has 0 saturated heterocycles. The third-order valence-corrected chi connectivity index (χ3v) is 6.60. The number of hydrogen-bond acceptors (Lipinski definition) is 7. The molecule has 2 aliphatic heterocycles. The summed E-state index contributed by atoms with van der Waals surface area (Å²) in [6.07, 6.45) is 0.0591. The Kier molecular flexibility index (Phi) is 5.42. The number of pyridine rings is 2. The van der Waals surface area contributed by atoms with Crippen molar-refractivity contribution in [3.63, 3.8) is 0 Å². The fraction of sp³-hybridized carbons (Fsp3) is 0.346. The Morgan fingerprint density at radius 1 is 1.23 bits per heavy atom. The quantitative estimate of drug-likeness (QED) is 0.441. The predicted molar refractivity (Wildman–Crippen MR) is 126 cm³/mol. The molecule has 0 aliphatic carbocycles. The van der Waals surface area contributed by atoms with E-state index in [-0.39, 0.29) is 36.0 Å². The Balaban J connectivity index is 1.59. The van der Waals surface area contributed by atoms with Crippen molar-refractivity contribution in [1.29, 1.82) is 0 Å². The molecule has 5 rings (SSSR count). The zero-order valence-corrected chi connectivity index (χ0v) is 19.7. The molecule has 180 valence electrons. The molecule has 4 heterocycles. The van der Waals surface area contributed by atoms with Crippen LogP contribution in [0.4, 0.5) is 0 Å². The topological polar surface area (TPSA) is 117 Å². The highest BCUT2D eigenvalue weighted by Crippen LogP contribution is 2.40. The first kappa shape index (κ1) is 22.8. The fourth-order valence-corrected chi connectivity index (χ4v) is 4.68. The smallest absolute Gasteiger partial charge is 0.355 e. The third-order valence-electron chi connectivity index (χ3n) is 6.60. The van der Waals surface area contributed by atoms with E-state index < -0.39 is 24.1 Å². The highest BCUT2D eigenvalue weighted by Gasteiger charge is 2.50. The largest absolute Gasteiger partial charge is 0.457 e. The summed E-state index contributed by atoms with van der Waals surface area (Å²) in [6.45, 7) is 4.83. The molecule has 1 atom stereocenters. The first-order chi connectivity index (χ1) is 16.7. The Hall–Kier alpha value is -4.01. The maximum absolute atomic E-state index is 13.5. The maximum Gasteiger partial charge on any atom is 0.355 e. The summed E-state index contributed by atoms with van der Waals surface area (Å²) in [7, 11) is 0. The van der Waals surface area contributed by atoms with Gasteiger partial charge in [-0.15, -0.1) is 0 Å². The average Bonchev–Trinajstić information content (AvgIpc) is 3.20. The molecule has 2 aliphatic rings.